The van der Waals surface area contributed by atoms with E-state index in [1.807, 2.05) is 13.0 Å². The number of hydrogen-bond acceptors (Lipinski definition) is 3. The second kappa shape index (κ2) is 4.31. The van der Waals surface area contributed by atoms with E-state index in [-0.39, 0.29) is 16.1 Å². The van der Waals surface area contributed by atoms with Crippen molar-refractivity contribution in [2.75, 3.05) is 0 Å². The molecular formula is C10H6Cl2FN3. The number of rotatable bonds is 1. The summed E-state index contributed by atoms with van der Waals surface area (Å²) < 4.78 is 13.1. The van der Waals surface area contributed by atoms with Gasteiger partial charge < -0.3 is 0 Å². The Labute approximate surface area is 101 Å². The van der Waals surface area contributed by atoms with Gasteiger partial charge >= 0.3 is 0 Å². The van der Waals surface area contributed by atoms with Crippen molar-refractivity contribution in [1.29, 1.82) is 0 Å². The molecule has 6 heteroatoms. The smallest absolute Gasteiger partial charge is 0.197 e. The van der Waals surface area contributed by atoms with Crippen molar-refractivity contribution in [3.63, 3.8) is 0 Å². The lowest BCUT2D eigenvalue weighted by atomic mass is 10.2. The van der Waals surface area contributed by atoms with E-state index in [4.69, 9.17) is 23.2 Å². The van der Waals surface area contributed by atoms with Crippen LogP contribution in [-0.2, 0) is 0 Å². The molecule has 0 spiro atoms. The van der Waals surface area contributed by atoms with Crippen LogP contribution in [0.2, 0.25) is 10.3 Å². The molecule has 0 aliphatic carbocycles. The molecule has 82 valence electrons. The Hall–Kier alpha value is -1.26. The standard InChI is InChI=1S/C10H6Cl2FN3/c1-5-2-3-6(14-4-5)10-15-8(11)7(13)9(12)16-10/h2-4H,1H3. The fourth-order valence-corrected chi connectivity index (χ4v) is 1.50. The molecule has 0 amide bonds. The highest BCUT2D eigenvalue weighted by Gasteiger charge is 2.12. The van der Waals surface area contributed by atoms with Crippen LogP contribution in [0.5, 0.6) is 0 Å². The van der Waals surface area contributed by atoms with Gasteiger partial charge in [0, 0.05) is 6.20 Å². The molecule has 16 heavy (non-hydrogen) atoms. The summed E-state index contributed by atoms with van der Waals surface area (Å²) >= 11 is 11.1. The monoisotopic (exact) mass is 257 g/mol. The van der Waals surface area contributed by atoms with Crippen molar-refractivity contribution in [2.24, 2.45) is 0 Å². The second-order valence-electron chi connectivity index (χ2n) is 3.16. The molecule has 0 N–H and O–H groups in total. The average Bonchev–Trinajstić information content (AvgIpc) is 2.26. The van der Waals surface area contributed by atoms with Crippen LogP contribution in [0, 0.1) is 12.7 Å². The zero-order chi connectivity index (χ0) is 11.7. The predicted octanol–water partition coefficient (Wildman–Crippen LogP) is 3.29. The van der Waals surface area contributed by atoms with Crippen LogP contribution in [0.15, 0.2) is 18.3 Å². The molecule has 0 unspecified atom stereocenters. The van der Waals surface area contributed by atoms with Crippen LogP contribution >= 0.6 is 23.2 Å². The lowest BCUT2D eigenvalue weighted by Crippen LogP contribution is -1.96. The Balaban J connectivity index is 2.52. The van der Waals surface area contributed by atoms with Crippen LogP contribution in [0.3, 0.4) is 0 Å². The van der Waals surface area contributed by atoms with E-state index in [1.165, 1.54) is 0 Å². The Kier molecular flexibility index (Phi) is 3.03. The van der Waals surface area contributed by atoms with Gasteiger partial charge in [0.15, 0.2) is 21.9 Å². The van der Waals surface area contributed by atoms with E-state index in [0.717, 1.165) is 5.56 Å². The molecule has 0 aliphatic rings. The Morgan fingerprint density at radius 1 is 1.12 bits per heavy atom. The molecule has 2 aromatic heterocycles. The van der Waals surface area contributed by atoms with E-state index in [1.54, 1.807) is 12.3 Å². The van der Waals surface area contributed by atoms with Crippen LogP contribution < -0.4 is 0 Å². The molecule has 0 aromatic carbocycles. The molecule has 0 saturated carbocycles. The third-order valence-corrected chi connectivity index (χ3v) is 2.41. The highest BCUT2D eigenvalue weighted by molar-refractivity contribution is 6.33. The zero-order valence-corrected chi connectivity index (χ0v) is 9.72. The minimum atomic E-state index is -0.820. The first-order valence-corrected chi connectivity index (χ1v) is 5.15. The Bertz CT molecular complexity index is 505. The second-order valence-corrected chi connectivity index (χ2v) is 3.88. The molecule has 0 aliphatic heterocycles. The molecule has 3 nitrogen and oxygen atoms in total. The van der Waals surface area contributed by atoms with Gasteiger partial charge in [0.2, 0.25) is 0 Å². The van der Waals surface area contributed by atoms with E-state index >= 15 is 0 Å². The number of aryl methyl sites for hydroxylation is 1. The van der Waals surface area contributed by atoms with Crippen LogP contribution in [-0.4, -0.2) is 15.0 Å². The molecule has 0 fully saturated rings. The number of pyridine rings is 1. The summed E-state index contributed by atoms with van der Waals surface area (Å²) in [5.74, 6) is -0.615. The largest absolute Gasteiger partial charge is 0.253 e. The topological polar surface area (TPSA) is 38.7 Å². The molecule has 0 saturated heterocycles. The first-order valence-electron chi connectivity index (χ1n) is 4.39. The summed E-state index contributed by atoms with van der Waals surface area (Å²) in [5, 5.41) is -0.616. The van der Waals surface area contributed by atoms with E-state index in [9.17, 15) is 4.39 Å². The third kappa shape index (κ3) is 2.13. The molecule has 0 bridgehead atoms. The summed E-state index contributed by atoms with van der Waals surface area (Å²) in [6.45, 7) is 1.91. The molecule has 0 radical (unpaired) electrons. The highest BCUT2D eigenvalue weighted by Crippen LogP contribution is 2.22. The summed E-state index contributed by atoms with van der Waals surface area (Å²) in [5.41, 5.74) is 1.50. The summed E-state index contributed by atoms with van der Waals surface area (Å²) in [4.78, 5) is 11.6. The van der Waals surface area contributed by atoms with Gasteiger partial charge in [-0.3, -0.25) is 4.98 Å². The van der Waals surface area contributed by atoms with Crippen molar-refractivity contribution in [2.45, 2.75) is 6.92 Å². The van der Waals surface area contributed by atoms with E-state index < -0.39 is 5.82 Å². The van der Waals surface area contributed by atoms with Gasteiger partial charge in [0.25, 0.3) is 0 Å². The van der Waals surface area contributed by atoms with E-state index in [2.05, 4.69) is 15.0 Å². The molecule has 2 aromatic rings. The third-order valence-electron chi connectivity index (χ3n) is 1.91. The molecule has 2 heterocycles. The van der Waals surface area contributed by atoms with E-state index in [0.29, 0.717) is 5.69 Å². The summed E-state index contributed by atoms with van der Waals surface area (Å²) in [6.07, 6.45) is 1.66. The van der Waals surface area contributed by atoms with Gasteiger partial charge in [-0.2, -0.15) is 0 Å². The predicted molar refractivity (Wildman–Crippen MR) is 60.0 cm³/mol. The van der Waals surface area contributed by atoms with Crippen molar-refractivity contribution in [3.05, 3.63) is 40.0 Å². The number of hydrogen-bond donors (Lipinski definition) is 0. The summed E-state index contributed by atoms with van der Waals surface area (Å²) in [7, 11) is 0. The molecular weight excluding hydrogens is 252 g/mol. The quantitative estimate of drug-likeness (QED) is 0.736. The van der Waals surface area contributed by atoms with Crippen LogP contribution in [0.25, 0.3) is 11.5 Å². The summed E-state index contributed by atoms with van der Waals surface area (Å²) in [6, 6.07) is 3.56. The van der Waals surface area contributed by atoms with Gasteiger partial charge in [0.05, 0.1) is 0 Å². The number of nitrogens with zero attached hydrogens (tertiary/aromatic N) is 3. The van der Waals surface area contributed by atoms with Gasteiger partial charge in [-0.15, -0.1) is 0 Å². The average molecular weight is 258 g/mol. The zero-order valence-electron chi connectivity index (χ0n) is 8.21. The highest BCUT2D eigenvalue weighted by atomic mass is 35.5. The lowest BCUT2D eigenvalue weighted by molar-refractivity contribution is 0.615. The fourth-order valence-electron chi connectivity index (χ4n) is 1.11. The normalized spacial score (nSPS) is 10.5. The molecule has 2 rings (SSSR count). The van der Waals surface area contributed by atoms with Crippen LogP contribution in [0.1, 0.15) is 5.56 Å². The minimum absolute atomic E-state index is 0.205. The maximum absolute atomic E-state index is 13.1. The van der Waals surface area contributed by atoms with Crippen molar-refractivity contribution in [3.8, 4) is 11.5 Å². The minimum Gasteiger partial charge on any atom is -0.253 e. The molecule has 0 atom stereocenters. The van der Waals surface area contributed by atoms with Gasteiger partial charge in [-0.05, 0) is 18.6 Å². The number of aromatic nitrogens is 3. The van der Waals surface area contributed by atoms with Crippen LogP contribution in [0.4, 0.5) is 4.39 Å². The van der Waals surface area contributed by atoms with Gasteiger partial charge in [0.1, 0.15) is 5.69 Å². The first-order chi connectivity index (χ1) is 7.58. The SMILES string of the molecule is Cc1ccc(-c2nc(Cl)c(F)c(Cl)n2)nc1. The Morgan fingerprint density at radius 3 is 2.25 bits per heavy atom. The first kappa shape index (κ1) is 11.2. The number of halogens is 3. The van der Waals surface area contributed by atoms with Gasteiger partial charge in [-0.25, -0.2) is 14.4 Å². The van der Waals surface area contributed by atoms with Crippen molar-refractivity contribution >= 4 is 23.2 Å². The lowest BCUT2D eigenvalue weighted by Gasteiger charge is -2.02. The Morgan fingerprint density at radius 2 is 1.75 bits per heavy atom. The van der Waals surface area contributed by atoms with Crippen molar-refractivity contribution in [1.82, 2.24) is 15.0 Å². The maximum Gasteiger partial charge on any atom is 0.197 e. The van der Waals surface area contributed by atoms with Crippen molar-refractivity contribution < 1.29 is 4.39 Å². The maximum atomic E-state index is 13.1. The van der Waals surface area contributed by atoms with Gasteiger partial charge in [-0.1, -0.05) is 29.3 Å². The fraction of sp³-hybridized carbons (Fsp3) is 0.100.